The van der Waals surface area contributed by atoms with E-state index in [1.165, 1.54) is 37.3 Å². The zero-order valence-electron chi connectivity index (χ0n) is 13.9. The van der Waals surface area contributed by atoms with Gasteiger partial charge in [-0.3, -0.25) is 14.3 Å². The predicted molar refractivity (Wildman–Crippen MR) is 103 cm³/mol. The molecule has 1 heterocycles. The van der Waals surface area contributed by atoms with Gasteiger partial charge in [0, 0.05) is 18.2 Å². The van der Waals surface area contributed by atoms with Crippen LogP contribution in [0, 0.1) is 0 Å². The number of rotatable bonds is 6. The van der Waals surface area contributed by atoms with Crippen molar-refractivity contribution in [3.05, 3.63) is 48.0 Å². The average Bonchev–Trinajstić information content (AvgIpc) is 3.07. The van der Waals surface area contributed by atoms with E-state index < -0.39 is 10.0 Å². The fourth-order valence-corrected chi connectivity index (χ4v) is 4.00. The molecule has 2 aromatic carbocycles. The molecule has 1 aliphatic heterocycles. The van der Waals surface area contributed by atoms with Crippen LogP contribution in [-0.4, -0.2) is 31.7 Å². The molecule has 136 valence electrons. The first kappa shape index (κ1) is 18.3. The van der Waals surface area contributed by atoms with E-state index >= 15 is 0 Å². The molecule has 0 aromatic heterocycles. The van der Waals surface area contributed by atoms with Gasteiger partial charge in [-0.05, 0) is 42.5 Å². The number of benzene rings is 2. The molecular weight excluding hydrogens is 374 g/mol. The molecule has 1 aliphatic rings. The first-order valence-corrected chi connectivity index (χ1v) is 10.2. The van der Waals surface area contributed by atoms with Crippen molar-refractivity contribution in [1.82, 2.24) is 0 Å². The lowest BCUT2D eigenvalue weighted by Gasteiger charge is -2.10. The Hall–Kier alpha value is -2.52. The van der Waals surface area contributed by atoms with Gasteiger partial charge in [0.2, 0.25) is 0 Å². The van der Waals surface area contributed by atoms with E-state index in [1.807, 2.05) is 0 Å². The topological polar surface area (TPSA) is 104 Å². The van der Waals surface area contributed by atoms with Gasteiger partial charge in [0.1, 0.15) is 0 Å². The average molecular weight is 391 g/mol. The monoisotopic (exact) mass is 391 g/mol. The lowest BCUT2D eigenvalue weighted by atomic mass is 10.1. The van der Waals surface area contributed by atoms with Gasteiger partial charge in [0.15, 0.2) is 10.9 Å². The van der Waals surface area contributed by atoms with Crippen LogP contribution in [0.5, 0.6) is 0 Å². The van der Waals surface area contributed by atoms with E-state index in [0.717, 1.165) is 23.1 Å². The normalized spacial score (nSPS) is 12.7. The second kappa shape index (κ2) is 7.38. The van der Waals surface area contributed by atoms with Crippen LogP contribution < -0.4 is 15.4 Å². The number of ketones is 1. The Balaban J connectivity index is 1.72. The SMILES string of the molecule is CC(=O)SCC(=O)c1ccc(NS(=O)(=O)c2ccc3c(c2)NCN3)cc1. The molecule has 3 N–H and O–H groups in total. The number of hydrogen-bond donors (Lipinski definition) is 3. The third-order valence-electron chi connectivity index (χ3n) is 3.72. The predicted octanol–water partition coefficient (Wildman–Crippen LogP) is 2.74. The van der Waals surface area contributed by atoms with E-state index in [1.54, 1.807) is 12.1 Å². The summed E-state index contributed by atoms with van der Waals surface area (Å²) in [6.07, 6.45) is 0. The summed E-state index contributed by atoms with van der Waals surface area (Å²) in [7, 11) is -3.74. The van der Waals surface area contributed by atoms with Crippen molar-refractivity contribution in [3.8, 4) is 0 Å². The number of sulfonamides is 1. The van der Waals surface area contributed by atoms with Crippen LogP contribution in [0.15, 0.2) is 47.4 Å². The minimum atomic E-state index is -3.74. The maximum Gasteiger partial charge on any atom is 0.261 e. The van der Waals surface area contributed by atoms with Crippen molar-refractivity contribution in [1.29, 1.82) is 0 Å². The number of carbonyl (C=O) groups is 2. The Kier molecular flexibility index (Phi) is 5.19. The number of anilines is 3. The highest BCUT2D eigenvalue weighted by atomic mass is 32.2. The molecule has 0 unspecified atom stereocenters. The van der Waals surface area contributed by atoms with Crippen molar-refractivity contribution >= 4 is 49.7 Å². The van der Waals surface area contributed by atoms with Gasteiger partial charge in [0.25, 0.3) is 10.0 Å². The molecule has 0 aliphatic carbocycles. The fraction of sp³-hybridized carbons (Fsp3) is 0.176. The van der Waals surface area contributed by atoms with Crippen LogP contribution in [0.1, 0.15) is 17.3 Å². The van der Waals surface area contributed by atoms with Crippen LogP contribution in [0.25, 0.3) is 0 Å². The first-order valence-electron chi connectivity index (χ1n) is 7.76. The number of thioether (sulfide) groups is 1. The molecular formula is C17H17N3O4S2. The van der Waals surface area contributed by atoms with Crippen molar-refractivity contribution in [3.63, 3.8) is 0 Å². The number of hydrogen-bond acceptors (Lipinski definition) is 7. The summed E-state index contributed by atoms with van der Waals surface area (Å²) in [6, 6.07) is 10.9. The first-order chi connectivity index (χ1) is 12.3. The van der Waals surface area contributed by atoms with Crippen molar-refractivity contribution in [2.24, 2.45) is 0 Å². The smallest absolute Gasteiger partial charge is 0.261 e. The summed E-state index contributed by atoms with van der Waals surface area (Å²) in [5, 5.41) is 6.01. The molecule has 0 fully saturated rings. The number of carbonyl (C=O) groups excluding carboxylic acids is 2. The summed E-state index contributed by atoms with van der Waals surface area (Å²) in [5.74, 6) is -0.117. The van der Waals surface area contributed by atoms with E-state index in [0.29, 0.717) is 17.9 Å². The molecule has 0 saturated heterocycles. The van der Waals surface area contributed by atoms with Gasteiger partial charge in [-0.1, -0.05) is 11.8 Å². The standard InChI is InChI=1S/C17H17N3O4S2/c1-11(21)25-9-17(22)12-2-4-13(5-3-12)20-26(23,24)14-6-7-15-16(8-14)19-10-18-15/h2-8,18-20H,9-10H2,1H3. The van der Waals surface area contributed by atoms with Crippen LogP contribution in [0.4, 0.5) is 17.1 Å². The maximum absolute atomic E-state index is 12.5. The lowest BCUT2D eigenvalue weighted by molar-refractivity contribution is -0.109. The van der Waals surface area contributed by atoms with Gasteiger partial charge in [-0.15, -0.1) is 0 Å². The van der Waals surface area contributed by atoms with E-state index in [9.17, 15) is 18.0 Å². The number of nitrogens with one attached hydrogen (secondary N) is 3. The van der Waals surface area contributed by atoms with Crippen LogP contribution >= 0.6 is 11.8 Å². The molecule has 0 radical (unpaired) electrons. The third kappa shape index (κ3) is 4.17. The summed E-state index contributed by atoms with van der Waals surface area (Å²) in [6.45, 7) is 1.96. The molecule has 0 saturated carbocycles. The summed E-state index contributed by atoms with van der Waals surface area (Å²) < 4.78 is 27.6. The molecule has 0 atom stereocenters. The van der Waals surface area contributed by atoms with Crippen molar-refractivity contribution in [2.75, 3.05) is 27.8 Å². The molecule has 9 heteroatoms. The molecule has 0 bridgehead atoms. The fourth-order valence-electron chi connectivity index (χ4n) is 2.41. The number of fused-ring (bicyclic) bond motifs is 1. The Morgan fingerprint density at radius 2 is 1.77 bits per heavy atom. The zero-order chi connectivity index (χ0) is 18.7. The van der Waals surface area contributed by atoms with Gasteiger partial charge in [0.05, 0.1) is 28.7 Å². The highest BCUT2D eigenvalue weighted by molar-refractivity contribution is 8.14. The minimum Gasteiger partial charge on any atom is -0.366 e. The van der Waals surface area contributed by atoms with E-state index in [-0.39, 0.29) is 21.5 Å². The Morgan fingerprint density at radius 3 is 2.46 bits per heavy atom. The van der Waals surface area contributed by atoms with E-state index in [4.69, 9.17) is 0 Å². The van der Waals surface area contributed by atoms with Gasteiger partial charge in [-0.2, -0.15) is 0 Å². The Labute approximate surface area is 155 Å². The van der Waals surface area contributed by atoms with Crippen molar-refractivity contribution in [2.45, 2.75) is 11.8 Å². The van der Waals surface area contributed by atoms with Crippen LogP contribution in [-0.2, 0) is 14.8 Å². The van der Waals surface area contributed by atoms with Gasteiger partial charge in [-0.25, -0.2) is 8.42 Å². The van der Waals surface area contributed by atoms with Crippen molar-refractivity contribution < 1.29 is 18.0 Å². The van der Waals surface area contributed by atoms with Gasteiger partial charge >= 0.3 is 0 Å². The number of Topliss-reactive ketones (excluding diaryl/α,β-unsaturated/α-hetero) is 1. The molecule has 26 heavy (non-hydrogen) atoms. The highest BCUT2D eigenvalue weighted by Gasteiger charge is 2.18. The molecule has 0 amide bonds. The molecule has 2 aromatic rings. The molecule has 7 nitrogen and oxygen atoms in total. The molecule has 3 rings (SSSR count). The Morgan fingerprint density at radius 1 is 1.08 bits per heavy atom. The minimum absolute atomic E-state index is 0.0660. The largest absolute Gasteiger partial charge is 0.366 e. The van der Waals surface area contributed by atoms with E-state index in [2.05, 4.69) is 15.4 Å². The van der Waals surface area contributed by atoms with Crippen LogP contribution in [0.3, 0.4) is 0 Å². The quantitative estimate of drug-likeness (QED) is 0.650. The molecule has 0 spiro atoms. The zero-order valence-corrected chi connectivity index (χ0v) is 15.5. The summed E-state index contributed by atoms with van der Waals surface area (Å²) in [5.41, 5.74) is 2.37. The summed E-state index contributed by atoms with van der Waals surface area (Å²) in [4.78, 5) is 23.0. The summed E-state index contributed by atoms with van der Waals surface area (Å²) >= 11 is 0.944. The highest BCUT2D eigenvalue weighted by Crippen LogP contribution is 2.29. The Bertz CT molecular complexity index is 956. The van der Waals surface area contributed by atoms with Gasteiger partial charge < -0.3 is 10.6 Å². The second-order valence-electron chi connectivity index (χ2n) is 5.62. The van der Waals surface area contributed by atoms with Crippen LogP contribution in [0.2, 0.25) is 0 Å². The maximum atomic E-state index is 12.5. The lowest BCUT2D eigenvalue weighted by Crippen LogP contribution is -2.13. The third-order valence-corrected chi connectivity index (χ3v) is 5.92. The second-order valence-corrected chi connectivity index (χ2v) is 8.46.